The standard InChI is InChI=1S/C37H61N11O7/c1-24(44-34(53)28(41-3)15-7-8-18-38)32(51)46-29(16-9-20-43-37(39)40)33(52)42-19-10-17-30(36(55)48-21-11-14-27(48)23-49)47-35(54)31(45-25(2)50)22-26-12-5-4-6-13-26/h4-6,12-13,23-24,27-31,41H,7-11,14-22,38H2,1-3H3,(H,42,52)(H,44,53)(H,45,50)(H,46,51)(H,47,54)(H4,39,40,43)/t24?,27?,28-,29?,30+,31+/m1/s1. The van der Waals surface area contributed by atoms with E-state index in [2.05, 4.69) is 37.2 Å². The molecular weight excluding hydrogens is 710 g/mol. The number of nitrogens with one attached hydrogen (secondary N) is 8. The highest BCUT2D eigenvalue weighted by molar-refractivity contribution is 5.94. The Morgan fingerprint density at radius 1 is 0.818 bits per heavy atom. The lowest BCUT2D eigenvalue weighted by atomic mass is 10.0. The van der Waals surface area contributed by atoms with Crippen LogP contribution in [0.25, 0.3) is 0 Å². The van der Waals surface area contributed by atoms with E-state index in [0.717, 1.165) is 18.4 Å². The molecule has 6 atom stereocenters. The van der Waals surface area contributed by atoms with Crippen molar-refractivity contribution in [2.24, 2.45) is 11.5 Å². The first kappa shape index (κ1) is 46.1. The molecule has 0 saturated carbocycles. The summed E-state index contributed by atoms with van der Waals surface area (Å²) in [6, 6.07) is 4.00. The van der Waals surface area contributed by atoms with Gasteiger partial charge in [0.1, 0.15) is 30.5 Å². The third-order valence-electron chi connectivity index (χ3n) is 9.28. The Bertz CT molecular complexity index is 1430. The molecule has 0 bridgehead atoms. The Morgan fingerprint density at radius 2 is 1.44 bits per heavy atom. The van der Waals surface area contributed by atoms with Gasteiger partial charge >= 0.3 is 0 Å². The fourth-order valence-electron chi connectivity index (χ4n) is 6.26. The Hall–Kier alpha value is -5.10. The van der Waals surface area contributed by atoms with Gasteiger partial charge in [-0.05, 0) is 77.4 Å². The maximum Gasteiger partial charge on any atom is 0.245 e. The Labute approximate surface area is 323 Å². The molecule has 0 aromatic heterocycles. The summed E-state index contributed by atoms with van der Waals surface area (Å²) < 4.78 is 0. The number of nitrogens with zero attached hydrogens (tertiary/aromatic N) is 1. The van der Waals surface area contributed by atoms with Crippen molar-refractivity contribution < 1.29 is 33.6 Å². The number of rotatable bonds is 25. The summed E-state index contributed by atoms with van der Waals surface area (Å²) in [5.41, 5.74) is 11.7. The van der Waals surface area contributed by atoms with Crippen LogP contribution < -0.4 is 48.7 Å². The zero-order valence-electron chi connectivity index (χ0n) is 32.3. The van der Waals surface area contributed by atoms with Gasteiger partial charge in [0.05, 0.1) is 12.1 Å². The van der Waals surface area contributed by atoms with Crippen molar-refractivity contribution in [3.8, 4) is 0 Å². The number of amides is 6. The SMILES string of the molecule is CN[C@H](CCCCN)C(=O)NC(C)C(=O)NC(CCCNC(=N)N)C(=O)NCCC[C@H](NC(=O)[C@H](Cc1ccccc1)NC(C)=O)C(=O)N1CCCC1C=O. The van der Waals surface area contributed by atoms with Gasteiger partial charge in [-0.25, -0.2) is 0 Å². The summed E-state index contributed by atoms with van der Waals surface area (Å²) in [4.78, 5) is 91.9. The zero-order chi connectivity index (χ0) is 40.8. The highest BCUT2D eigenvalue weighted by atomic mass is 16.2. The largest absolute Gasteiger partial charge is 0.370 e. The summed E-state index contributed by atoms with van der Waals surface area (Å²) in [5, 5.41) is 26.6. The number of aldehydes is 1. The van der Waals surface area contributed by atoms with Crippen molar-refractivity contribution in [1.29, 1.82) is 5.41 Å². The van der Waals surface area contributed by atoms with Crippen LogP contribution in [-0.2, 0) is 40.0 Å². The molecule has 1 fully saturated rings. The molecule has 1 aliphatic rings. The topological polar surface area (TPSA) is 283 Å². The Kier molecular flexibility index (Phi) is 21.0. The number of benzene rings is 1. The van der Waals surface area contributed by atoms with E-state index < -0.39 is 65.8 Å². The van der Waals surface area contributed by atoms with Crippen molar-refractivity contribution in [1.82, 2.24) is 42.1 Å². The number of likely N-dealkylation sites (N-methyl/N-ethyl adjacent to an activating group) is 1. The predicted octanol–water partition coefficient (Wildman–Crippen LogP) is -1.73. The number of unbranched alkanes of at least 4 members (excludes halogenated alkanes) is 1. The highest BCUT2D eigenvalue weighted by Crippen LogP contribution is 2.18. The minimum absolute atomic E-state index is 0.0751. The molecule has 1 saturated heterocycles. The van der Waals surface area contributed by atoms with E-state index in [9.17, 15) is 33.6 Å². The van der Waals surface area contributed by atoms with Crippen LogP contribution in [0.1, 0.15) is 77.2 Å². The van der Waals surface area contributed by atoms with Crippen LogP contribution in [0, 0.1) is 5.41 Å². The van der Waals surface area contributed by atoms with Crippen LogP contribution in [0.2, 0.25) is 0 Å². The van der Waals surface area contributed by atoms with Gasteiger partial charge in [0.2, 0.25) is 35.4 Å². The van der Waals surface area contributed by atoms with Gasteiger partial charge in [-0.2, -0.15) is 0 Å². The summed E-state index contributed by atoms with van der Waals surface area (Å²) in [7, 11) is 1.65. The lowest BCUT2D eigenvalue weighted by Crippen LogP contribution is -2.56. The third kappa shape index (κ3) is 16.8. The second kappa shape index (κ2) is 25.1. The maximum absolute atomic E-state index is 13.7. The molecule has 1 aromatic rings. The van der Waals surface area contributed by atoms with Crippen molar-refractivity contribution in [2.45, 2.75) is 114 Å². The fourth-order valence-corrected chi connectivity index (χ4v) is 6.26. The molecule has 3 unspecified atom stereocenters. The van der Waals surface area contributed by atoms with E-state index in [-0.39, 0.29) is 50.6 Å². The first-order valence-corrected chi connectivity index (χ1v) is 19.0. The van der Waals surface area contributed by atoms with Gasteiger partial charge in [0.15, 0.2) is 5.96 Å². The van der Waals surface area contributed by atoms with E-state index in [1.54, 1.807) is 7.05 Å². The van der Waals surface area contributed by atoms with Gasteiger partial charge in [-0.15, -0.1) is 0 Å². The molecule has 306 valence electrons. The molecule has 1 aliphatic heterocycles. The summed E-state index contributed by atoms with van der Waals surface area (Å²) in [5.74, 6) is -3.10. The molecule has 18 nitrogen and oxygen atoms in total. The van der Waals surface area contributed by atoms with Crippen molar-refractivity contribution in [3.63, 3.8) is 0 Å². The fraction of sp³-hybridized carbons (Fsp3) is 0.622. The lowest BCUT2D eigenvalue weighted by Gasteiger charge is -2.28. The minimum Gasteiger partial charge on any atom is -0.370 e. The third-order valence-corrected chi connectivity index (χ3v) is 9.28. The van der Waals surface area contributed by atoms with E-state index >= 15 is 0 Å². The van der Waals surface area contributed by atoms with E-state index in [1.807, 2.05) is 30.3 Å². The summed E-state index contributed by atoms with van der Waals surface area (Å²) >= 11 is 0. The second-order valence-electron chi connectivity index (χ2n) is 13.7. The molecule has 12 N–H and O–H groups in total. The number of carbonyl (C=O) groups is 7. The van der Waals surface area contributed by atoms with E-state index in [4.69, 9.17) is 16.9 Å². The normalized spacial score (nSPS) is 16.4. The van der Waals surface area contributed by atoms with Gasteiger partial charge in [0.25, 0.3) is 0 Å². The number of carbonyl (C=O) groups excluding carboxylic acids is 7. The number of hydrogen-bond acceptors (Lipinski definition) is 10. The van der Waals surface area contributed by atoms with Crippen LogP contribution >= 0.6 is 0 Å². The molecule has 1 aromatic carbocycles. The molecular formula is C37H61N11O7. The van der Waals surface area contributed by atoms with Gasteiger partial charge in [0, 0.05) is 33.0 Å². The van der Waals surface area contributed by atoms with Crippen LogP contribution in [0.3, 0.4) is 0 Å². The summed E-state index contributed by atoms with van der Waals surface area (Å²) in [6.45, 7) is 4.03. The zero-order valence-corrected chi connectivity index (χ0v) is 32.3. The predicted molar refractivity (Wildman–Crippen MR) is 207 cm³/mol. The van der Waals surface area contributed by atoms with Crippen LogP contribution in [0.4, 0.5) is 0 Å². The molecule has 0 radical (unpaired) electrons. The number of nitrogens with two attached hydrogens (primary N) is 2. The Balaban J connectivity index is 2.12. The van der Waals surface area contributed by atoms with Crippen LogP contribution in [0.15, 0.2) is 30.3 Å². The molecule has 55 heavy (non-hydrogen) atoms. The molecule has 18 heteroatoms. The second-order valence-corrected chi connectivity index (χ2v) is 13.7. The van der Waals surface area contributed by atoms with E-state index in [0.29, 0.717) is 45.1 Å². The van der Waals surface area contributed by atoms with Crippen molar-refractivity contribution >= 4 is 47.7 Å². The molecule has 1 heterocycles. The van der Waals surface area contributed by atoms with Crippen LogP contribution in [-0.4, -0.2) is 122 Å². The molecule has 0 spiro atoms. The first-order chi connectivity index (χ1) is 26.3. The highest BCUT2D eigenvalue weighted by Gasteiger charge is 2.35. The van der Waals surface area contributed by atoms with Crippen molar-refractivity contribution in [2.75, 3.05) is 33.2 Å². The molecule has 0 aliphatic carbocycles. The van der Waals surface area contributed by atoms with Gasteiger partial charge in [-0.1, -0.05) is 36.8 Å². The van der Waals surface area contributed by atoms with Gasteiger partial charge < -0.3 is 58.4 Å². The number of hydrogen-bond donors (Lipinski definition) is 10. The van der Waals surface area contributed by atoms with E-state index in [1.165, 1.54) is 18.7 Å². The number of likely N-dealkylation sites (tertiary alicyclic amines) is 1. The lowest BCUT2D eigenvalue weighted by molar-refractivity contribution is -0.139. The monoisotopic (exact) mass is 771 g/mol. The Morgan fingerprint density at radius 3 is 2.05 bits per heavy atom. The molecule has 6 amide bonds. The quantitative estimate of drug-likeness (QED) is 0.0231. The average Bonchev–Trinajstić information content (AvgIpc) is 3.64. The molecule has 2 rings (SSSR count). The van der Waals surface area contributed by atoms with Crippen molar-refractivity contribution in [3.05, 3.63) is 35.9 Å². The minimum atomic E-state index is -1.05. The van der Waals surface area contributed by atoms with Gasteiger partial charge in [-0.3, -0.25) is 34.2 Å². The average molecular weight is 772 g/mol. The maximum atomic E-state index is 13.7. The summed E-state index contributed by atoms with van der Waals surface area (Å²) in [6.07, 6.45) is 4.97. The smallest absolute Gasteiger partial charge is 0.245 e. The number of guanidine groups is 1. The first-order valence-electron chi connectivity index (χ1n) is 19.0. The van der Waals surface area contributed by atoms with Crippen LogP contribution in [0.5, 0.6) is 0 Å².